The number of carbonyl (C=O) groups excluding carboxylic acids is 3. The van der Waals surface area contributed by atoms with E-state index in [1.807, 2.05) is 6.92 Å². The molecule has 1 aliphatic carbocycles. The van der Waals surface area contributed by atoms with E-state index in [9.17, 15) is 14.4 Å². The number of esters is 1. The minimum atomic E-state index is -0.971. The van der Waals surface area contributed by atoms with Gasteiger partial charge in [0.25, 0.3) is 5.91 Å². The molecule has 2 amide bonds. The molecule has 3 atom stereocenters. The molecule has 2 aromatic rings. The highest BCUT2D eigenvalue weighted by molar-refractivity contribution is 5.99. The van der Waals surface area contributed by atoms with E-state index >= 15 is 0 Å². The van der Waals surface area contributed by atoms with Crippen molar-refractivity contribution in [3.05, 3.63) is 59.9 Å². The Morgan fingerprint density at radius 1 is 1.22 bits per heavy atom. The van der Waals surface area contributed by atoms with Crippen molar-refractivity contribution in [2.24, 2.45) is 11.8 Å². The van der Waals surface area contributed by atoms with E-state index in [0.29, 0.717) is 22.7 Å². The van der Waals surface area contributed by atoms with Crippen LogP contribution < -0.4 is 10.6 Å². The van der Waals surface area contributed by atoms with Crippen molar-refractivity contribution in [3.63, 3.8) is 0 Å². The number of carbonyl (C=O) groups is 3. The first-order valence-corrected chi connectivity index (χ1v) is 8.69. The first kappa shape index (κ1) is 18.6. The van der Waals surface area contributed by atoms with Crippen LogP contribution in [0.15, 0.2) is 48.8 Å². The maximum absolute atomic E-state index is 12.6. The number of amides is 2. The van der Waals surface area contributed by atoms with Gasteiger partial charge >= 0.3 is 5.97 Å². The molecule has 0 saturated heterocycles. The summed E-state index contributed by atoms with van der Waals surface area (Å²) in [5.74, 6) is -0.648. The monoisotopic (exact) mass is 367 g/mol. The summed E-state index contributed by atoms with van der Waals surface area (Å²) < 4.78 is 4.78. The molecule has 1 aliphatic rings. The van der Waals surface area contributed by atoms with Crippen molar-refractivity contribution in [2.75, 3.05) is 12.4 Å². The average Bonchev–Trinajstić information content (AvgIpc) is 3.43. The first-order valence-electron chi connectivity index (χ1n) is 8.69. The van der Waals surface area contributed by atoms with Crippen LogP contribution in [0.1, 0.15) is 35.3 Å². The quantitative estimate of drug-likeness (QED) is 0.764. The summed E-state index contributed by atoms with van der Waals surface area (Å²) in [7, 11) is 1.26. The summed E-state index contributed by atoms with van der Waals surface area (Å²) in [5.41, 5.74) is 1.39. The second-order valence-corrected chi connectivity index (χ2v) is 6.61. The van der Waals surface area contributed by atoms with Crippen LogP contribution in [0.3, 0.4) is 0 Å². The largest absolute Gasteiger partial charge is 0.467 e. The van der Waals surface area contributed by atoms with Crippen LogP contribution in [0, 0.1) is 11.8 Å². The molecule has 140 valence electrons. The molecule has 1 saturated carbocycles. The van der Waals surface area contributed by atoms with Gasteiger partial charge in [-0.2, -0.15) is 0 Å². The van der Waals surface area contributed by atoms with Gasteiger partial charge in [-0.25, -0.2) is 4.79 Å². The molecule has 1 fully saturated rings. The summed E-state index contributed by atoms with van der Waals surface area (Å²) in [5, 5.41) is 5.48. The number of aromatic nitrogens is 1. The Morgan fingerprint density at radius 3 is 2.63 bits per heavy atom. The van der Waals surface area contributed by atoms with Gasteiger partial charge in [-0.05, 0) is 36.6 Å². The number of methoxy groups -OCH3 is 1. The molecule has 27 heavy (non-hydrogen) atoms. The molecular weight excluding hydrogens is 346 g/mol. The van der Waals surface area contributed by atoms with Gasteiger partial charge in [0.2, 0.25) is 5.91 Å². The minimum Gasteiger partial charge on any atom is -0.467 e. The second kappa shape index (κ2) is 7.99. The standard InChI is InChI=1S/C20H21N3O4/c1-12-9-16(12)19(25)22-15-7-3-5-13(10-15)18(24)23-17(20(26)27-2)14-6-4-8-21-11-14/h3-8,10-12,16-17H,9H2,1-2H3,(H,22,25)(H,23,24)/t12-,16+,17+/m0/s1. The van der Waals surface area contributed by atoms with Crippen LogP contribution in [0.5, 0.6) is 0 Å². The van der Waals surface area contributed by atoms with Crippen LogP contribution in [0.25, 0.3) is 0 Å². The minimum absolute atomic E-state index is 0.0387. The molecule has 0 aliphatic heterocycles. The Bertz CT molecular complexity index is 853. The fraction of sp³-hybridized carbons (Fsp3) is 0.300. The van der Waals surface area contributed by atoms with Crippen molar-refractivity contribution in [1.82, 2.24) is 10.3 Å². The predicted molar refractivity (Wildman–Crippen MR) is 98.8 cm³/mol. The van der Waals surface area contributed by atoms with Gasteiger partial charge in [0.05, 0.1) is 7.11 Å². The predicted octanol–water partition coefficient (Wildman–Crippen LogP) is 2.32. The van der Waals surface area contributed by atoms with Crippen LogP contribution >= 0.6 is 0 Å². The van der Waals surface area contributed by atoms with E-state index in [-0.39, 0.29) is 11.8 Å². The summed E-state index contributed by atoms with van der Waals surface area (Å²) in [4.78, 5) is 40.8. The molecule has 1 heterocycles. The third kappa shape index (κ3) is 4.49. The highest BCUT2D eigenvalue weighted by Gasteiger charge is 2.39. The number of pyridine rings is 1. The zero-order chi connectivity index (χ0) is 19.4. The van der Waals surface area contributed by atoms with E-state index < -0.39 is 17.9 Å². The summed E-state index contributed by atoms with van der Waals surface area (Å²) in [6.45, 7) is 2.03. The number of nitrogens with one attached hydrogen (secondary N) is 2. The second-order valence-electron chi connectivity index (χ2n) is 6.61. The Hall–Kier alpha value is -3.22. The van der Waals surface area contributed by atoms with Gasteiger partial charge < -0.3 is 15.4 Å². The normalized spacial score (nSPS) is 18.9. The number of hydrogen-bond acceptors (Lipinski definition) is 5. The lowest BCUT2D eigenvalue weighted by molar-refractivity contribution is -0.143. The van der Waals surface area contributed by atoms with Crippen molar-refractivity contribution < 1.29 is 19.1 Å². The number of benzene rings is 1. The summed E-state index contributed by atoms with van der Waals surface area (Å²) in [6.07, 6.45) is 3.96. The Labute approximate surface area is 157 Å². The fourth-order valence-electron chi connectivity index (χ4n) is 2.82. The zero-order valence-corrected chi connectivity index (χ0v) is 15.1. The first-order chi connectivity index (χ1) is 13.0. The van der Waals surface area contributed by atoms with Crippen LogP contribution in [0.2, 0.25) is 0 Å². The average molecular weight is 367 g/mol. The maximum atomic E-state index is 12.6. The molecule has 7 nitrogen and oxygen atoms in total. The highest BCUT2D eigenvalue weighted by Crippen LogP contribution is 2.38. The third-order valence-electron chi connectivity index (χ3n) is 4.57. The van der Waals surface area contributed by atoms with Crippen molar-refractivity contribution >= 4 is 23.5 Å². The van der Waals surface area contributed by atoms with Gasteiger partial charge in [0.15, 0.2) is 6.04 Å². The Balaban J connectivity index is 1.73. The molecule has 2 N–H and O–H groups in total. The molecule has 0 unspecified atom stereocenters. The lowest BCUT2D eigenvalue weighted by Gasteiger charge is -2.17. The topological polar surface area (TPSA) is 97.4 Å². The summed E-state index contributed by atoms with van der Waals surface area (Å²) in [6, 6.07) is 8.98. The molecule has 7 heteroatoms. The zero-order valence-electron chi connectivity index (χ0n) is 15.1. The third-order valence-corrected chi connectivity index (χ3v) is 4.57. The molecule has 0 radical (unpaired) electrons. The summed E-state index contributed by atoms with van der Waals surface area (Å²) >= 11 is 0. The number of nitrogens with zero attached hydrogens (tertiary/aromatic N) is 1. The number of anilines is 1. The Morgan fingerprint density at radius 2 is 2.00 bits per heavy atom. The van der Waals surface area contributed by atoms with Gasteiger partial charge in [0.1, 0.15) is 0 Å². The van der Waals surface area contributed by atoms with Crippen LogP contribution in [-0.2, 0) is 14.3 Å². The maximum Gasteiger partial charge on any atom is 0.333 e. The molecule has 3 rings (SSSR count). The SMILES string of the molecule is COC(=O)[C@H](NC(=O)c1cccc(NC(=O)[C@@H]2C[C@@H]2C)c1)c1cccnc1. The van der Waals surface area contributed by atoms with Crippen LogP contribution in [0.4, 0.5) is 5.69 Å². The van der Waals surface area contributed by atoms with Gasteiger partial charge in [-0.3, -0.25) is 14.6 Å². The fourth-order valence-corrected chi connectivity index (χ4v) is 2.82. The van der Waals surface area contributed by atoms with E-state index in [2.05, 4.69) is 15.6 Å². The van der Waals surface area contributed by atoms with Crippen LogP contribution in [-0.4, -0.2) is 29.9 Å². The number of ether oxygens (including phenoxy) is 1. The van der Waals surface area contributed by atoms with Gasteiger partial charge in [0, 0.05) is 35.1 Å². The van der Waals surface area contributed by atoms with Gasteiger partial charge in [-0.15, -0.1) is 0 Å². The Kier molecular flexibility index (Phi) is 5.49. The van der Waals surface area contributed by atoms with Crippen molar-refractivity contribution in [1.29, 1.82) is 0 Å². The van der Waals surface area contributed by atoms with Gasteiger partial charge in [-0.1, -0.05) is 19.1 Å². The molecular formula is C20H21N3O4. The van der Waals surface area contributed by atoms with Crippen molar-refractivity contribution in [3.8, 4) is 0 Å². The number of hydrogen-bond donors (Lipinski definition) is 2. The lowest BCUT2D eigenvalue weighted by Crippen LogP contribution is -2.34. The molecule has 1 aromatic carbocycles. The van der Waals surface area contributed by atoms with E-state index in [4.69, 9.17) is 4.74 Å². The van der Waals surface area contributed by atoms with E-state index in [0.717, 1.165) is 6.42 Å². The van der Waals surface area contributed by atoms with E-state index in [1.165, 1.54) is 13.3 Å². The molecule has 0 spiro atoms. The highest BCUT2D eigenvalue weighted by atomic mass is 16.5. The van der Waals surface area contributed by atoms with E-state index in [1.54, 1.807) is 42.6 Å². The molecule has 1 aromatic heterocycles. The smallest absolute Gasteiger partial charge is 0.333 e. The molecule has 0 bridgehead atoms. The lowest BCUT2D eigenvalue weighted by atomic mass is 10.1. The number of rotatable bonds is 6. The van der Waals surface area contributed by atoms with Crippen molar-refractivity contribution in [2.45, 2.75) is 19.4 Å².